The van der Waals surface area contributed by atoms with Crippen molar-refractivity contribution in [3.05, 3.63) is 29.8 Å². The van der Waals surface area contributed by atoms with Gasteiger partial charge in [0.25, 0.3) is 0 Å². The highest BCUT2D eigenvalue weighted by molar-refractivity contribution is 5.81. The molecule has 0 aliphatic carbocycles. The van der Waals surface area contributed by atoms with Crippen molar-refractivity contribution in [3.8, 4) is 5.75 Å². The van der Waals surface area contributed by atoms with Gasteiger partial charge in [0.2, 0.25) is 5.91 Å². The molecule has 36 heavy (non-hydrogen) atoms. The first kappa shape index (κ1) is 29.5. The fraction of sp³-hybridized carbons (Fsp3) is 0.640. The standard InChI is InChI=1S/C25H37NO10/c1-15(5-3-4-6-23(31)32)34-25-19(28)13-21(16(2)35-25)36-24(33)12-11-22(30)26-14-20(29)17-7-9-18(27)10-8-17/h7-10,15-16,19-21,25,27-29H,3-6,11-14H2,1-2H3,(H,26,30)(H,31,32)/t15?,16?,19?,20-,21+,25+/m0/s1. The molecule has 1 aliphatic rings. The number of aliphatic hydroxyl groups is 2. The third-order valence-electron chi connectivity index (χ3n) is 5.89. The Balaban J connectivity index is 1.66. The highest BCUT2D eigenvalue weighted by atomic mass is 16.7. The van der Waals surface area contributed by atoms with E-state index in [1.54, 1.807) is 19.1 Å². The molecule has 1 saturated heterocycles. The van der Waals surface area contributed by atoms with Gasteiger partial charge in [0.1, 0.15) is 18.0 Å². The number of carbonyl (C=O) groups excluding carboxylic acids is 2. The van der Waals surface area contributed by atoms with E-state index >= 15 is 0 Å². The van der Waals surface area contributed by atoms with Crippen LogP contribution in [0.25, 0.3) is 0 Å². The first-order valence-corrected chi connectivity index (χ1v) is 12.2. The second-order valence-electron chi connectivity index (χ2n) is 9.04. The highest BCUT2D eigenvalue weighted by Gasteiger charge is 2.38. The van der Waals surface area contributed by atoms with Crippen molar-refractivity contribution in [2.75, 3.05) is 6.54 Å². The van der Waals surface area contributed by atoms with Gasteiger partial charge < -0.3 is 40.0 Å². The van der Waals surface area contributed by atoms with Crippen molar-refractivity contribution < 1.29 is 49.0 Å². The van der Waals surface area contributed by atoms with Gasteiger partial charge in [-0.1, -0.05) is 18.6 Å². The average molecular weight is 512 g/mol. The molecule has 0 bridgehead atoms. The zero-order chi connectivity index (χ0) is 26.7. The fourth-order valence-corrected chi connectivity index (χ4v) is 3.76. The quantitative estimate of drug-likeness (QED) is 0.183. The predicted molar refractivity (Wildman–Crippen MR) is 127 cm³/mol. The minimum atomic E-state index is -1.01. The minimum Gasteiger partial charge on any atom is -0.508 e. The number of phenols is 1. The van der Waals surface area contributed by atoms with Crippen LogP contribution in [0.3, 0.4) is 0 Å². The van der Waals surface area contributed by atoms with Crippen molar-refractivity contribution >= 4 is 17.8 Å². The number of hydrogen-bond acceptors (Lipinski definition) is 9. The second-order valence-corrected chi connectivity index (χ2v) is 9.04. The Morgan fingerprint density at radius 3 is 2.50 bits per heavy atom. The number of esters is 1. The van der Waals surface area contributed by atoms with E-state index in [2.05, 4.69) is 5.32 Å². The molecule has 1 amide bonds. The van der Waals surface area contributed by atoms with Crippen LogP contribution in [0.2, 0.25) is 0 Å². The first-order valence-electron chi connectivity index (χ1n) is 12.2. The molecule has 11 heteroatoms. The molecule has 6 atom stereocenters. The summed E-state index contributed by atoms with van der Waals surface area (Å²) >= 11 is 0. The Morgan fingerprint density at radius 1 is 1.14 bits per heavy atom. The van der Waals surface area contributed by atoms with E-state index in [4.69, 9.17) is 19.3 Å². The van der Waals surface area contributed by atoms with E-state index in [0.29, 0.717) is 24.8 Å². The summed E-state index contributed by atoms with van der Waals surface area (Å²) in [6.45, 7) is 3.48. The highest BCUT2D eigenvalue weighted by Crippen LogP contribution is 2.25. The Bertz CT molecular complexity index is 846. The number of aromatic hydroxyl groups is 1. The Hall–Kier alpha value is -2.73. The lowest BCUT2D eigenvalue weighted by molar-refractivity contribution is -0.276. The molecule has 3 unspecified atom stereocenters. The van der Waals surface area contributed by atoms with Crippen LogP contribution >= 0.6 is 0 Å². The number of unbranched alkanes of at least 4 members (excludes halogenated alkanes) is 1. The topological polar surface area (TPSA) is 172 Å². The van der Waals surface area contributed by atoms with E-state index in [0.717, 1.165) is 0 Å². The number of carboxylic acids is 1. The number of carboxylic acid groups (broad SMARTS) is 1. The molecule has 2 rings (SSSR count). The van der Waals surface area contributed by atoms with Crippen molar-refractivity contribution in [1.82, 2.24) is 5.32 Å². The zero-order valence-electron chi connectivity index (χ0n) is 20.7. The summed E-state index contributed by atoms with van der Waals surface area (Å²) < 4.78 is 16.8. The summed E-state index contributed by atoms with van der Waals surface area (Å²) in [6, 6.07) is 5.96. The van der Waals surface area contributed by atoms with Crippen LogP contribution in [0.5, 0.6) is 5.75 Å². The number of carbonyl (C=O) groups is 3. The number of ether oxygens (including phenoxy) is 3. The third-order valence-corrected chi connectivity index (χ3v) is 5.89. The maximum absolute atomic E-state index is 12.2. The van der Waals surface area contributed by atoms with Gasteiger partial charge in [0, 0.05) is 25.8 Å². The molecule has 0 spiro atoms. The van der Waals surface area contributed by atoms with Crippen molar-refractivity contribution in [1.29, 1.82) is 0 Å². The molecule has 1 aliphatic heterocycles. The van der Waals surface area contributed by atoms with Gasteiger partial charge in [0.05, 0.1) is 24.7 Å². The minimum absolute atomic E-state index is 0.0439. The zero-order valence-corrected chi connectivity index (χ0v) is 20.7. The molecule has 1 aromatic carbocycles. The molecular formula is C25H37NO10. The van der Waals surface area contributed by atoms with Gasteiger partial charge in [-0.05, 0) is 44.4 Å². The summed E-state index contributed by atoms with van der Waals surface area (Å²) in [4.78, 5) is 34.8. The Labute approximate surface area is 210 Å². The molecular weight excluding hydrogens is 474 g/mol. The molecule has 202 valence electrons. The largest absolute Gasteiger partial charge is 0.508 e. The molecule has 1 aromatic rings. The number of nitrogens with one attached hydrogen (secondary N) is 1. The smallest absolute Gasteiger partial charge is 0.306 e. The predicted octanol–water partition coefficient (Wildman–Crippen LogP) is 1.78. The Morgan fingerprint density at radius 2 is 1.83 bits per heavy atom. The number of aliphatic hydroxyl groups excluding tert-OH is 2. The number of aliphatic carboxylic acids is 1. The maximum atomic E-state index is 12.2. The second kappa shape index (κ2) is 14.7. The van der Waals surface area contributed by atoms with E-state index < -0.39 is 48.6 Å². The molecule has 0 radical (unpaired) electrons. The lowest BCUT2D eigenvalue weighted by Gasteiger charge is -2.38. The number of amides is 1. The van der Waals surface area contributed by atoms with Gasteiger partial charge in [-0.3, -0.25) is 14.4 Å². The summed E-state index contributed by atoms with van der Waals surface area (Å²) in [5.41, 5.74) is 0.534. The normalized spacial score (nSPS) is 23.4. The number of rotatable bonds is 14. The molecule has 0 saturated carbocycles. The average Bonchev–Trinajstić information content (AvgIpc) is 2.82. The van der Waals surface area contributed by atoms with E-state index in [-0.39, 0.29) is 44.1 Å². The van der Waals surface area contributed by atoms with Crippen LogP contribution in [-0.2, 0) is 28.6 Å². The van der Waals surface area contributed by atoms with Gasteiger partial charge >= 0.3 is 11.9 Å². The molecule has 5 N–H and O–H groups in total. The van der Waals surface area contributed by atoms with E-state index in [9.17, 15) is 29.7 Å². The van der Waals surface area contributed by atoms with Crippen LogP contribution in [0.4, 0.5) is 0 Å². The molecule has 11 nitrogen and oxygen atoms in total. The summed E-state index contributed by atoms with van der Waals surface area (Å²) in [5.74, 6) is -1.80. The van der Waals surface area contributed by atoms with E-state index in [1.165, 1.54) is 12.1 Å². The van der Waals surface area contributed by atoms with Gasteiger partial charge in [-0.2, -0.15) is 0 Å². The lowest BCUT2D eigenvalue weighted by Crippen LogP contribution is -2.49. The number of hydrogen-bond donors (Lipinski definition) is 5. The van der Waals surface area contributed by atoms with Crippen LogP contribution in [0.15, 0.2) is 24.3 Å². The van der Waals surface area contributed by atoms with Crippen molar-refractivity contribution in [2.24, 2.45) is 0 Å². The van der Waals surface area contributed by atoms with Crippen LogP contribution in [0.1, 0.15) is 70.5 Å². The number of benzene rings is 1. The summed E-state index contributed by atoms with van der Waals surface area (Å²) in [7, 11) is 0. The first-order chi connectivity index (χ1) is 17.0. The van der Waals surface area contributed by atoms with Crippen LogP contribution in [0, 0.1) is 0 Å². The molecule has 1 fully saturated rings. The van der Waals surface area contributed by atoms with Crippen molar-refractivity contribution in [3.63, 3.8) is 0 Å². The fourth-order valence-electron chi connectivity index (χ4n) is 3.76. The van der Waals surface area contributed by atoms with Gasteiger partial charge in [0.15, 0.2) is 6.29 Å². The molecule has 0 aromatic heterocycles. The number of phenolic OH excluding ortho intramolecular Hbond substituents is 1. The SMILES string of the molecule is CC(CCCCC(=O)O)O[C@@H]1OC(C)[C@H](OC(=O)CCC(=O)NC[C@H](O)c2ccc(O)cc2)CC1O. The van der Waals surface area contributed by atoms with Crippen LogP contribution in [-0.4, -0.2) is 75.5 Å². The molecule has 1 heterocycles. The van der Waals surface area contributed by atoms with Gasteiger partial charge in [-0.25, -0.2) is 0 Å². The van der Waals surface area contributed by atoms with Crippen molar-refractivity contribution in [2.45, 2.75) is 95.6 Å². The van der Waals surface area contributed by atoms with Crippen LogP contribution < -0.4 is 5.32 Å². The summed E-state index contributed by atoms with van der Waals surface area (Å²) in [6.07, 6.45) is -2.55. The monoisotopic (exact) mass is 511 g/mol. The third kappa shape index (κ3) is 10.5. The summed E-state index contributed by atoms with van der Waals surface area (Å²) in [5, 5.41) is 41.0. The van der Waals surface area contributed by atoms with Gasteiger partial charge in [-0.15, -0.1) is 0 Å². The van der Waals surface area contributed by atoms with E-state index in [1.807, 2.05) is 6.92 Å². The maximum Gasteiger partial charge on any atom is 0.306 e. The lowest BCUT2D eigenvalue weighted by atomic mass is 10.0. The Kier molecular flexibility index (Phi) is 12.1.